The monoisotopic (exact) mass is 396 g/mol. The molecule has 0 unspecified atom stereocenters. The molecule has 1 aliphatic rings. The number of anilines is 1. The van der Waals surface area contributed by atoms with Gasteiger partial charge in [0.25, 0.3) is 0 Å². The Hall–Kier alpha value is -4.04. The first-order valence-electron chi connectivity index (χ1n) is 9.56. The van der Waals surface area contributed by atoms with Gasteiger partial charge in [-0.05, 0) is 64.6 Å². The molecule has 5 nitrogen and oxygen atoms in total. The molecule has 0 aromatic heterocycles. The zero-order valence-corrected chi connectivity index (χ0v) is 16.5. The van der Waals surface area contributed by atoms with Gasteiger partial charge in [-0.3, -0.25) is 4.79 Å². The zero-order valence-electron chi connectivity index (χ0n) is 16.5. The van der Waals surface area contributed by atoms with E-state index in [1.807, 2.05) is 24.3 Å². The molecule has 0 heterocycles. The zero-order chi connectivity index (χ0) is 20.9. The lowest BCUT2D eigenvalue weighted by Crippen LogP contribution is -2.07. The van der Waals surface area contributed by atoms with Gasteiger partial charge in [0.05, 0.1) is 7.11 Å². The smallest absolute Gasteiger partial charge is 0.248 e. The number of nitrogens with zero attached hydrogens (tertiary/aromatic N) is 1. The molecule has 1 aliphatic carbocycles. The fourth-order valence-electron chi connectivity index (χ4n) is 3.60. The standard InChI is InChI=1S/C25H20N2O3/c1-29-24-14-17(6-10-23(24)30-13-12-26)7-11-25(28)27-20-8-9-22-19(16-20)15-18-4-2-3-5-21(18)22/h2-11,14,16H,13,15H2,1H3,(H,27,28). The summed E-state index contributed by atoms with van der Waals surface area (Å²) in [5.41, 5.74) is 6.58. The molecule has 0 atom stereocenters. The average molecular weight is 396 g/mol. The summed E-state index contributed by atoms with van der Waals surface area (Å²) in [5.74, 6) is 0.778. The Balaban J connectivity index is 1.43. The summed E-state index contributed by atoms with van der Waals surface area (Å²) in [7, 11) is 1.53. The minimum atomic E-state index is -0.214. The van der Waals surface area contributed by atoms with E-state index >= 15 is 0 Å². The molecule has 0 aliphatic heterocycles. The number of carbonyl (C=O) groups excluding carboxylic acids is 1. The van der Waals surface area contributed by atoms with E-state index in [0.29, 0.717) is 11.5 Å². The molecular weight excluding hydrogens is 376 g/mol. The van der Waals surface area contributed by atoms with Crippen molar-refractivity contribution in [2.45, 2.75) is 6.42 Å². The topological polar surface area (TPSA) is 71.3 Å². The third kappa shape index (κ3) is 4.03. The van der Waals surface area contributed by atoms with Crippen molar-refractivity contribution in [3.8, 4) is 28.7 Å². The lowest BCUT2D eigenvalue weighted by Gasteiger charge is -2.09. The summed E-state index contributed by atoms with van der Waals surface area (Å²) >= 11 is 0. The highest BCUT2D eigenvalue weighted by Crippen LogP contribution is 2.37. The molecule has 0 radical (unpaired) electrons. The second-order valence-corrected chi connectivity index (χ2v) is 6.89. The minimum Gasteiger partial charge on any atom is -0.493 e. The molecule has 0 fully saturated rings. The molecule has 4 rings (SSSR count). The van der Waals surface area contributed by atoms with Crippen LogP contribution >= 0.6 is 0 Å². The van der Waals surface area contributed by atoms with Gasteiger partial charge in [0.1, 0.15) is 6.07 Å². The maximum absolute atomic E-state index is 12.4. The number of fused-ring (bicyclic) bond motifs is 3. The van der Waals surface area contributed by atoms with Crippen LogP contribution < -0.4 is 14.8 Å². The Bertz CT molecular complexity index is 1180. The average Bonchev–Trinajstić information content (AvgIpc) is 3.14. The first-order valence-corrected chi connectivity index (χ1v) is 9.56. The number of ether oxygens (including phenoxy) is 2. The SMILES string of the molecule is COc1cc(C=CC(=O)Nc2ccc3c(c2)Cc2ccccc2-3)ccc1OCC#N. The van der Waals surface area contributed by atoms with E-state index in [4.69, 9.17) is 14.7 Å². The normalized spacial score (nSPS) is 11.5. The molecule has 0 saturated heterocycles. The maximum Gasteiger partial charge on any atom is 0.248 e. The lowest BCUT2D eigenvalue weighted by molar-refractivity contribution is -0.111. The van der Waals surface area contributed by atoms with Crippen LogP contribution in [0.1, 0.15) is 16.7 Å². The Kier molecular flexibility index (Phi) is 5.49. The van der Waals surface area contributed by atoms with Gasteiger partial charge in [-0.25, -0.2) is 0 Å². The summed E-state index contributed by atoms with van der Waals surface area (Å²) in [4.78, 5) is 12.4. The van der Waals surface area contributed by atoms with Crippen molar-refractivity contribution < 1.29 is 14.3 Å². The van der Waals surface area contributed by atoms with Crippen LogP contribution in [-0.2, 0) is 11.2 Å². The Morgan fingerprint density at radius 3 is 2.73 bits per heavy atom. The minimum absolute atomic E-state index is 0.0557. The van der Waals surface area contributed by atoms with Crippen molar-refractivity contribution in [3.63, 3.8) is 0 Å². The highest BCUT2D eigenvalue weighted by atomic mass is 16.5. The molecule has 0 bridgehead atoms. The number of carbonyl (C=O) groups is 1. The van der Waals surface area contributed by atoms with Crippen molar-refractivity contribution in [2.24, 2.45) is 0 Å². The number of rotatable bonds is 6. The molecule has 5 heteroatoms. The second kappa shape index (κ2) is 8.54. The highest BCUT2D eigenvalue weighted by Gasteiger charge is 2.18. The number of amides is 1. The van der Waals surface area contributed by atoms with E-state index in [-0.39, 0.29) is 12.5 Å². The van der Waals surface area contributed by atoms with E-state index < -0.39 is 0 Å². The first-order chi connectivity index (χ1) is 14.7. The van der Waals surface area contributed by atoms with Crippen LogP contribution in [0.5, 0.6) is 11.5 Å². The molecule has 0 saturated carbocycles. The van der Waals surface area contributed by atoms with Crippen LogP contribution in [0.25, 0.3) is 17.2 Å². The Morgan fingerprint density at radius 1 is 1.07 bits per heavy atom. The summed E-state index contributed by atoms with van der Waals surface area (Å²) < 4.78 is 10.6. The number of hydrogen-bond acceptors (Lipinski definition) is 4. The van der Waals surface area contributed by atoms with Gasteiger partial charge in [0, 0.05) is 11.8 Å². The number of methoxy groups -OCH3 is 1. The van der Waals surface area contributed by atoms with Gasteiger partial charge >= 0.3 is 0 Å². The van der Waals surface area contributed by atoms with Crippen LogP contribution in [-0.4, -0.2) is 19.6 Å². The van der Waals surface area contributed by atoms with Gasteiger partial charge in [0.2, 0.25) is 5.91 Å². The van der Waals surface area contributed by atoms with Crippen molar-refractivity contribution >= 4 is 17.7 Å². The van der Waals surface area contributed by atoms with Crippen molar-refractivity contribution in [1.82, 2.24) is 0 Å². The second-order valence-electron chi connectivity index (χ2n) is 6.89. The van der Waals surface area contributed by atoms with Gasteiger partial charge < -0.3 is 14.8 Å². The van der Waals surface area contributed by atoms with E-state index in [1.54, 1.807) is 24.3 Å². The summed E-state index contributed by atoms with van der Waals surface area (Å²) in [5, 5.41) is 11.6. The first kappa shape index (κ1) is 19.3. The fraction of sp³-hybridized carbons (Fsp3) is 0.120. The number of hydrogen-bond donors (Lipinski definition) is 1. The van der Waals surface area contributed by atoms with Crippen LogP contribution in [0.4, 0.5) is 5.69 Å². The quantitative estimate of drug-likeness (QED) is 0.474. The number of nitriles is 1. The van der Waals surface area contributed by atoms with E-state index in [9.17, 15) is 4.79 Å². The highest BCUT2D eigenvalue weighted by molar-refractivity contribution is 6.02. The third-order valence-electron chi connectivity index (χ3n) is 4.97. The number of benzene rings is 3. The van der Waals surface area contributed by atoms with E-state index in [1.165, 1.54) is 35.4 Å². The summed E-state index contributed by atoms with van der Waals surface area (Å²) in [6.45, 7) is -0.0557. The van der Waals surface area contributed by atoms with Gasteiger partial charge in [-0.1, -0.05) is 36.4 Å². The van der Waals surface area contributed by atoms with Crippen LogP contribution in [0, 0.1) is 11.3 Å². The predicted octanol–water partition coefficient (Wildman–Crippen LogP) is 4.82. The van der Waals surface area contributed by atoms with Gasteiger partial charge in [-0.15, -0.1) is 0 Å². The molecule has 148 valence electrons. The summed E-state index contributed by atoms with van der Waals surface area (Å²) in [6, 6.07) is 21.6. The van der Waals surface area contributed by atoms with Crippen molar-refractivity contribution in [2.75, 3.05) is 19.0 Å². The Labute approximate surface area is 175 Å². The van der Waals surface area contributed by atoms with Crippen LogP contribution in [0.2, 0.25) is 0 Å². The Morgan fingerprint density at radius 2 is 1.90 bits per heavy atom. The molecule has 1 N–H and O–H groups in total. The predicted molar refractivity (Wildman–Crippen MR) is 116 cm³/mol. The molecule has 1 amide bonds. The number of nitrogens with one attached hydrogen (secondary N) is 1. The molecule has 3 aromatic rings. The maximum atomic E-state index is 12.4. The fourth-order valence-corrected chi connectivity index (χ4v) is 3.60. The molecule has 30 heavy (non-hydrogen) atoms. The van der Waals surface area contributed by atoms with Crippen molar-refractivity contribution in [1.29, 1.82) is 5.26 Å². The summed E-state index contributed by atoms with van der Waals surface area (Å²) in [6.07, 6.45) is 4.06. The largest absolute Gasteiger partial charge is 0.493 e. The molecule has 0 spiro atoms. The van der Waals surface area contributed by atoms with Crippen molar-refractivity contribution in [3.05, 3.63) is 83.4 Å². The molecular formula is C25H20N2O3. The van der Waals surface area contributed by atoms with Crippen LogP contribution in [0.15, 0.2) is 66.7 Å². The van der Waals surface area contributed by atoms with E-state index in [2.05, 4.69) is 29.6 Å². The van der Waals surface area contributed by atoms with Gasteiger partial charge in [-0.2, -0.15) is 5.26 Å². The third-order valence-corrected chi connectivity index (χ3v) is 4.97. The van der Waals surface area contributed by atoms with E-state index in [0.717, 1.165) is 17.7 Å². The van der Waals surface area contributed by atoms with Crippen LogP contribution in [0.3, 0.4) is 0 Å². The molecule has 3 aromatic carbocycles. The van der Waals surface area contributed by atoms with Gasteiger partial charge in [0.15, 0.2) is 18.1 Å². The lowest BCUT2D eigenvalue weighted by atomic mass is 10.1.